The third-order valence-corrected chi connectivity index (χ3v) is 4.93. The lowest BCUT2D eigenvalue weighted by Gasteiger charge is -2.12. The maximum absolute atomic E-state index is 14.3. The Bertz CT molecular complexity index is 1020. The number of hydrogen-bond donors (Lipinski definition) is 3. The van der Waals surface area contributed by atoms with Crippen molar-refractivity contribution in [3.05, 3.63) is 29.6 Å². The van der Waals surface area contributed by atoms with Gasteiger partial charge in [0.25, 0.3) is 0 Å². The van der Waals surface area contributed by atoms with E-state index in [1.165, 1.54) is 18.2 Å². The molecule has 0 aliphatic heterocycles. The van der Waals surface area contributed by atoms with Crippen molar-refractivity contribution in [3.63, 3.8) is 0 Å². The number of anilines is 1. The number of fused-ring (bicyclic) bond motifs is 1. The fourth-order valence-corrected chi connectivity index (χ4v) is 3.45. The maximum Gasteiger partial charge on any atom is 0.391 e. The SMILES string of the molecule is CCc1cc(F)c(N)c2c1nc(-c1ccc(P(=O)(O)O)o1)n2CC(C)C. The molecule has 2 heterocycles. The second-order valence-corrected chi connectivity index (χ2v) is 8.13. The van der Waals surface area contributed by atoms with Crippen LogP contribution >= 0.6 is 7.60 Å². The van der Waals surface area contributed by atoms with Crippen molar-refractivity contribution in [2.75, 3.05) is 5.73 Å². The number of nitrogen functional groups attached to an aromatic ring is 1. The summed E-state index contributed by atoms with van der Waals surface area (Å²) in [6, 6.07) is 4.04. The van der Waals surface area contributed by atoms with Crippen LogP contribution in [0.3, 0.4) is 0 Å². The Labute approximate surface area is 149 Å². The monoisotopic (exact) mass is 381 g/mol. The number of imidazole rings is 1. The van der Waals surface area contributed by atoms with E-state index < -0.39 is 18.9 Å². The molecule has 0 saturated heterocycles. The van der Waals surface area contributed by atoms with Gasteiger partial charge in [-0.2, -0.15) is 0 Å². The van der Waals surface area contributed by atoms with E-state index in [2.05, 4.69) is 4.98 Å². The molecule has 26 heavy (non-hydrogen) atoms. The highest BCUT2D eigenvalue weighted by Crippen LogP contribution is 2.37. The van der Waals surface area contributed by atoms with Crippen LogP contribution in [0.15, 0.2) is 22.6 Å². The van der Waals surface area contributed by atoms with E-state index in [0.717, 1.165) is 0 Å². The van der Waals surface area contributed by atoms with Crippen molar-refractivity contribution in [1.82, 2.24) is 9.55 Å². The van der Waals surface area contributed by atoms with E-state index >= 15 is 0 Å². The fourth-order valence-electron chi connectivity index (χ4n) is 2.97. The number of hydrogen-bond acceptors (Lipinski definition) is 4. The van der Waals surface area contributed by atoms with Gasteiger partial charge in [-0.1, -0.05) is 20.8 Å². The lowest BCUT2D eigenvalue weighted by atomic mass is 10.1. The molecule has 4 N–H and O–H groups in total. The first-order valence-corrected chi connectivity index (χ1v) is 9.88. The van der Waals surface area contributed by atoms with Gasteiger partial charge in [0, 0.05) is 6.54 Å². The molecular formula is C17H21FN3O4P. The zero-order valence-corrected chi connectivity index (χ0v) is 15.6. The molecule has 0 unspecified atom stereocenters. The van der Waals surface area contributed by atoms with Crippen molar-refractivity contribution in [2.45, 2.75) is 33.7 Å². The van der Waals surface area contributed by atoms with Crippen molar-refractivity contribution >= 4 is 29.8 Å². The van der Waals surface area contributed by atoms with Gasteiger partial charge < -0.3 is 24.5 Å². The van der Waals surface area contributed by atoms with Gasteiger partial charge >= 0.3 is 7.60 Å². The molecule has 3 aromatic rings. The lowest BCUT2D eigenvalue weighted by Crippen LogP contribution is -2.08. The molecule has 0 spiro atoms. The molecule has 0 radical (unpaired) electrons. The molecule has 1 aromatic carbocycles. The zero-order chi connectivity index (χ0) is 19.2. The predicted octanol–water partition coefficient (Wildman–Crippen LogP) is 3.04. The molecule has 2 aromatic heterocycles. The summed E-state index contributed by atoms with van der Waals surface area (Å²) in [4.78, 5) is 23.1. The van der Waals surface area contributed by atoms with Gasteiger partial charge in [0.1, 0.15) is 5.82 Å². The van der Waals surface area contributed by atoms with Crippen molar-refractivity contribution in [2.24, 2.45) is 5.92 Å². The minimum Gasteiger partial charge on any atom is -0.445 e. The Kier molecular flexibility index (Phi) is 4.69. The predicted molar refractivity (Wildman–Crippen MR) is 97.7 cm³/mol. The minimum atomic E-state index is -4.52. The molecule has 3 rings (SSSR count). The quantitative estimate of drug-likeness (QED) is 0.462. The number of nitrogens with zero attached hydrogens (tertiary/aromatic N) is 2. The molecule has 0 aliphatic rings. The van der Waals surface area contributed by atoms with E-state index in [-0.39, 0.29) is 17.4 Å². The second kappa shape index (κ2) is 6.54. The van der Waals surface area contributed by atoms with E-state index in [9.17, 15) is 18.7 Å². The summed E-state index contributed by atoms with van der Waals surface area (Å²) in [5.41, 5.74) is 7.30. The van der Waals surface area contributed by atoms with E-state index in [0.29, 0.717) is 35.4 Å². The number of halogens is 1. The summed E-state index contributed by atoms with van der Waals surface area (Å²) >= 11 is 0. The van der Waals surface area contributed by atoms with Crippen LogP contribution in [0.2, 0.25) is 0 Å². The number of benzene rings is 1. The van der Waals surface area contributed by atoms with Gasteiger partial charge in [-0.25, -0.2) is 9.37 Å². The Morgan fingerprint density at radius 2 is 2.08 bits per heavy atom. The van der Waals surface area contributed by atoms with Crippen molar-refractivity contribution in [1.29, 1.82) is 0 Å². The van der Waals surface area contributed by atoms with Crippen LogP contribution in [0.5, 0.6) is 0 Å². The first-order valence-electron chi connectivity index (χ1n) is 8.26. The molecule has 0 atom stereocenters. The van der Waals surface area contributed by atoms with Crippen LogP contribution in [0, 0.1) is 11.7 Å². The van der Waals surface area contributed by atoms with E-state index in [1.54, 1.807) is 4.57 Å². The summed E-state index contributed by atoms with van der Waals surface area (Å²) in [7, 11) is -4.52. The molecular weight excluding hydrogens is 360 g/mol. The number of rotatable bonds is 5. The van der Waals surface area contributed by atoms with Gasteiger partial charge in [0.2, 0.25) is 5.50 Å². The molecule has 7 nitrogen and oxygen atoms in total. The van der Waals surface area contributed by atoms with Crippen LogP contribution in [-0.4, -0.2) is 19.3 Å². The second-order valence-electron chi connectivity index (χ2n) is 6.60. The van der Waals surface area contributed by atoms with Crippen LogP contribution in [0.25, 0.3) is 22.6 Å². The average molecular weight is 381 g/mol. The highest BCUT2D eigenvalue weighted by atomic mass is 31.2. The van der Waals surface area contributed by atoms with Crippen LogP contribution in [-0.2, 0) is 17.5 Å². The highest BCUT2D eigenvalue weighted by Gasteiger charge is 2.26. The van der Waals surface area contributed by atoms with Gasteiger partial charge in [-0.05, 0) is 36.1 Å². The topological polar surface area (TPSA) is 115 Å². The van der Waals surface area contributed by atoms with Crippen molar-refractivity contribution in [3.8, 4) is 11.6 Å². The number of aryl methyl sites for hydroxylation is 1. The summed E-state index contributed by atoms with van der Waals surface area (Å²) in [5, 5.41) is 0. The molecule has 0 amide bonds. The Morgan fingerprint density at radius 1 is 1.38 bits per heavy atom. The van der Waals surface area contributed by atoms with Gasteiger partial charge in [-0.3, -0.25) is 4.57 Å². The average Bonchev–Trinajstić information content (AvgIpc) is 3.15. The summed E-state index contributed by atoms with van der Waals surface area (Å²) in [5.74, 6) is 0.249. The summed E-state index contributed by atoms with van der Waals surface area (Å²) in [6.45, 7) is 6.38. The molecule has 0 fully saturated rings. The number of aromatic nitrogens is 2. The van der Waals surface area contributed by atoms with E-state index in [1.807, 2.05) is 20.8 Å². The largest absolute Gasteiger partial charge is 0.445 e. The molecule has 0 bridgehead atoms. The van der Waals surface area contributed by atoms with Crippen LogP contribution in [0.4, 0.5) is 10.1 Å². The highest BCUT2D eigenvalue weighted by molar-refractivity contribution is 7.59. The molecule has 9 heteroatoms. The Balaban J connectivity index is 2.33. The first-order chi connectivity index (χ1) is 12.1. The normalized spacial score (nSPS) is 12.4. The third-order valence-electron chi connectivity index (χ3n) is 4.11. The molecule has 0 aliphatic carbocycles. The zero-order valence-electron chi connectivity index (χ0n) is 14.7. The number of nitrogens with two attached hydrogens (primary N) is 1. The van der Waals surface area contributed by atoms with Gasteiger partial charge in [-0.15, -0.1) is 0 Å². The lowest BCUT2D eigenvalue weighted by molar-refractivity contribution is 0.377. The maximum atomic E-state index is 14.3. The van der Waals surface area contributed by atoms with Crippen LogP contribution < -0.4 is 11.2 Å². The number of furan rings is 1. The fraction of sp³-hybridized carbons (Fsp3) is 0.353. The van der Waals surface area contributed by atoms with Gasteiger partial charge in [0.15, 0.2) is 11.6 Å². The Hall–Kier alpha value is -2.15. The Morgan fingerprint density at radius 3 is 2.62 bits per heavy atom. The first kappa shape index (κ1) is 18.6. The standard InChI is InChI=1S/C17H21FN3O4P/c1-4-10-7-11(18)14(19)16-15(10)20-17(21(16)8-9(2)3)12-5-6-13(25-12)26(22,23)24/h5-7,9H,4,8,19H2,1-3H3,(H2,22,23,24). The molecule has 140 valence electrons. The van der Waals surface area contributed by atoms with E-state index in [4.69, 9.17) is 10.2 Å². The van der Waals surface area contributed by atoms with Crippen molar-refractivity contribution < 1.29 is 23.2 Å². The molecule has 0 saturated carbocycles. The third kappa shape index (κ3) is 3.16. The minimum absolute atomic E-state index is 0.00151. The smallest absolute Gasteiger partial charge is 0.391 e. The summed E-state index contributed by atoms with van der Waals surface area (Å²) < 4.78 is 32.8. The van der Waals surface area contributed by atoms with Crippen LogP contribution in [0.1, 0.15) is 26.3 Å². The summed E-state index contributed by atoms with van der Waals surface area (Å²) in [6.07, 6.45) is 0.567. The van der Waals surface area contributed by atoms with Gasteiger partial charge in [0.05, 0.1) is 16.7 Å².